The van der Waals surface area contributed by atoms with Gasteiger partial charge in [-0.15, -0.1) is 11.3 Å². The van der Waals surface area contributed by atoms with E-state index in [4.69, 9.17) is 4.74 Å². The van der Waals surface area contributed by atoms with Gasteiger partial charge in [0, 0.05) is 19.2 Å². The Bertz CT molecular complexity index is 469. The lowest BCUT2D eigenvalue weighted by molar-refractivity contribution is -0.383. The van der Waals surface area contributed by atoms with Gasteiger partial charge >= 0.3 is 11.7 Å². The maximum absolute atomic E-state index is 11.3. The van der Waals surface area contributed by atoms with Gasteiger partial charge < -0.3 is 14.8 Å². The maximum atomic E-state index is 11.3. The molecule has 2 heterocycles. The lowest BCUT2D eigenvalue weighted by Crippen LogP contribution is -2.33. The van der Waals surface area contributed by atoms with Crippen molar-refractivity contribution in [1.29, 1.82) is 0 Å². The third-order valence-electron chi connectivity index (χ3n) is 2.58. The van der Waals surface area contributed by atoms with Crippen molar-refractivity contribution < 1.29 is 19.2 Å². The number of carbonyl (C=O) groups is 1. The van der Waals surface area contributed by atoms with Crippen molar-refractivity contribution in [3.05, 3.63) is 21.1 Å². The number of anilines is 1. The standard InChI is InChI=1S/C10H12N2O5S/c1-16-10(13)8-4-7(12(14)15)9(18-8)11-5-6-2-3-17-6/h4,6,11H,2-3,5H2,1H3/t6-/m0/s1. The molecule has 1 aliphatic heterocycles. The molecule has 0 unspecified atom stereocenters. The van der Waals surface area contributed by atoms with Crippen molar-refractivity contribution in [3.63, 3.8) is 0 Å². The third-order valence-corrected chi connectivity index (χ3v) is 3.64. The SMILES string of the molecule is COC(=O)c1cc([N+](=O)[O-])c(NC[C@@H]2CCO2)s1. The average Bonchev–Trinajstić information content (AvgIpc) is 2.70. The summed E-state index contributed by atoms with van der Waals surface area (Å²) >= 11 is 1.01. The van der Waals surface area contributed by atoms with Crippen molar-refractivity contribution in [2.24, 2.45) is 0 Å². The maximum Gasteiger partial charge on any atom is 0.348 e. The molecule has 1 fully saturated rings. The summed E-state index contributed by atoms with van der Waals surface area (Å²) in [5.41, 5.74) is -0.111. The molecule has 1 aromatic heterocycles. The number of methoxy groups -OCH3 is 1. The van der Waals surface area contributed by atoms with Gasteiger partial charge in [0.1, 0.15) is 4.88 Å². The van der Waals surface area contributed by atoms with Crippen LogP contribution < -0.4 is 5.32 Å². The van der Waals surface area contributed by atoms with Crippen molar-refractivity contribution in [3.8, 4) is 0 Å². The summed E-state index contributed by atoms with van der Waals surface area (Å²) in [6.45, 7) is 1.23. The van der Waals surface area contributed by atoms with Crippen LogP contribution in [0.25, 0.3) is 0 Å². The number of nitrogens with zero attached hydrogens (tertiary/aromatic N) is 1. The summed E-state index contributed by atoms with van der Waals surface area (Å²) in [7, 11) is 1.24. The Morgan fingerprint density at radius 2 is 2.50 bits per heavy atom. The minimum atomic E-state index is -0.573. The molecule has 0 amide bonds. The van der Waals surface area contributed by atoms with E-state index in [9.17, 15) is 14.9 Å². The van der Waals surface area contributed by atoms with Crippen molar-refractivity contribution in [1.82, 2.24) is 0 Å². The van der Waals surface area contributed by atoms with Crippen LogP contribution in [0.3, 0.4) is 0 Å². The molecule has 2 rings (SSSR count). The van der Waals surface area contributed by atoms with Gasteiger partial charge in [-0.25, -0.2) is 4.79 Å². The van der Waals surface area contributed by atoms with Crippen LogP contribution in [0.15, 0.2) is 6.07 Å². The Balaban J connectivity index is 2.12. The van der Waals surface area contributed by atoms with E-state index in [-0.39, 0.29) is 16.7 Å². The molecular weight excluding hydrogens is 260 g/mol. The number of carbonyl (C=O) groups excluding carboxylic acids is 1. The zero-order chi connectivity index (χ0) is 13.1. The first-order valence-corrected chi connectivity index (χ1v) is 6.15. The molecule has 0 saturated carbocycles. The first-order valence-electron chi connectivity index (χ1n) is 5.34. The number of hydrogen-bond acceptors (Lipinski definition) is 7. The van der Waals surface area contributed by atoms with E-state index in [0.717, 1.165) is 24.4 Å². The van der Waals surface area contributed by atoms with Gasteiger partial charge in [-0.1, -0.05) is 0 Å². The monoisotopic (exact) mass is 272 g/mol. The van der Waals surface area contributed by atoms with Crippen LogP contribution >= 0.6 is 11.3 Å². The summed E-state index contributed by atoms with van der Waals surface area (Å²) < 4.78 is 9.75. The summed E-state index contributed by atoms with van der Waals surface area (Å²) in [4.78, 5) is 21.9. The Kier molecular flexibility index (Phi) is 3.78. The topological polar surface area (TPSA) is 90.7 Å². The molecule has 8 heteroatoms. The molecule has 1 atom stereocenters. The second-order valence-corrected chi connectivity index (χ2v) is 4.79. The molecule has 0 spiro atoms. The van der Waals surface area contributed by atoms with Gasteiger partial charge in [0.15, 0.2) is 5.00 Å². The summed E-state index contributed by atoms with van der Waals surface area (Å²) in [6.07, 6.45) is 1.03. The average molecular weight is 272 g/mol. The molecule has 0 aromatic carbocycles. The van der Waals surface area contributed by atoms with Crippen LogP contribution in [0.2, 0.25) is 0 Å². The number of hydrogen-bond donors (Lipinski definition) is 1. The summed E-state index contributed by atoms with van der Waals surface area (Å²) in [5, 5.41) is 14.2. The zero-order valence-electron chi connectivity index (χ0n) is 9.67. The second-order valence-electron chi connectivity index (χ2n) is 3.74. The molecule has 98 valence electrons. The highest BCUT2D eigenvalue weighted by Crippen LogP contribution is 2.35. The number of thiophene rings is 1. The largest absolute Gasteiger partial charge is 0.465 e. The van der Waals surface area contributed by atoms with Gasteiger partial charge in [0.25, 0.3) is 0 Å². The molecule has 0 aliphatic carbocycles. The molecule has 0 bridgehead atoms. The molecule has 18 heavy (non-hydrogen) atoms. The highest BCUT2D eigenvalue weighted by Gasteiger charge is 2.25. The number of rotatable bonds is 5. The number of nitrogens with one attached hydrogen (secondary N) is 1. The minimum absolute atomic E-state index is 0.0910. The van der Waals surface area contributed by atoms with E-state index in [1.807, 2.05) is 0 Å². The Labute approximate surface area is 107 Å². The minimum Gasteiger partial charge on any atom is -0.465 e. The van der Waals surface area contributed by atoms with Crippen LogP contribution in [-0.2, 0) is 9.47 Å². The van der Waals surface area contributed by atoms with Crippen LogP contribution in [0.4, 0.5) is 10.7 Å². The fourth-order valence-corrected chi connectivity index (χ4v) is 2.45. The van der Waals surface area contributed by atoms with E-state index in [0.29, 0.717) is 11.5 Å². The molecule has 0 radical (unpaired) electrons. The predicted molar refractivity (Wildman–Crippen MR) is 65.2 cm³/mol. The number of ether oxygens (including phenoxy) is 2. The number of nitro groups is 1. The summed E-state index contributed by atoms with van der Waals surface area (Å²) in [6, 6.07) is 1.22. The fraction of sp³-hybridized carbons (Fsp3) is 0.500. The quantitative estimate of drug-likeness (QED) is 0.498. The molecular formula is C10H12N2O5S. The van der Waals surface area contributed by atoms with Gasteiger partial charge in [0.05, 0.1) is 18.1 Å². The second kappa shape index (κ2) is 5.32. The molecule has 1 N–H and O–H groups in total. The van der Waals surface area contributed by atoms with E-state index in [1.165, 1.54) is 13.2 Å². The Hall–Kier alpha value is -1.67. The fourth-order valence-electron chi connectivity index (χ4n) is 1.50. The van der Waals surface area contributed by atoms with Gasteiger partial charge in [-0.3, -0.25) is 10.1 Å². The van der Waals surface area contributed by atoms with Gasteiger partial charge in [0.2, 0.25) is 0 Å². The lowest BCUT2D eigenvalue weighted by atomic mass is 10.2. The predicted octanol–water partition coefficient (Wildman–Crippen LogP) is 1.64. The first kappa shape index (κ1) is 12.8. The van der Waals surface area contributed by atoms with E-state index in [2.05, 4.69) is 10.1 Å². The van der Waals surface area contributed by atoms with Crippen LogP contribution in [0.1, 0.15) is 16.1 Å². The van der Waals surface area contributed by atoms with Crippen LogP contribution in [0, 0.1) is 10.1 Å². The molecule has 1 aliphatic rings. The highest BCUT2D eigenvalue weighted by atomic mass is 32.1. The Morgan fingerprint density at radius 3 is 3.00 bits per heavy atom. The molecule has 1 saturated heterocycles. The third kappa shape index (κ3) is 2.59. The first-order chi connectivity index (χ1) is 8.61. The van der Waals surface area contributed by atoms with Crippen molar-refractivity contribution in [2.75, 3.05) is 25.6 Å². The van der Waals surface area contributed by atoms with E-state index >= 15 is 0 Å². The van der Waals surface area contributed by atoms with E-state index < -0.39 is 10.9 Å². The van der Waals surface area contributed by atoms with Crippen molar-refractivity contribution in [2.45, 2.75) is 12.5 Å². The zero-order valence-corrected chi connectivity index (χ0v) is 10.5. The van der Waals surface area contributed by atoms with Gasteiger partial charge in [-0.2, -0.15) is 0 Å². The smallest absolute Gasteiger partial charge is 0.348 e. The highest BCUT2D eigenvalue weighted by molar-refractivity contribution is 7.18. The van der Waals surface area contributed by atoms with E-state index in [1.54, 1.807) is 0 Å². The van der Waals surface area contributed by atoms with Gasteiger partial charge in [-0.05, 0) is 6.42 Å². The van der Waals surface area contributed by atoms with Crippen molar-refractivity contribution >= 4 is 28.0 Å². The lowest BCUT2D eigenvalue weighted by Gasteiger charge is -2.26. The van der Waals surface area contributed by atoms with Crippen LogP contribution in [-0.4, -0.2) is 37.3 Å². The summed E-state index contributed by atoms with van der Waals surface area (Å²) in [5.74, 6) is -0.573. The number of esters is 1. The molecule has 7 nitrogen and oxygen atoms in total. The normalized spacial score (nSPS) is 17.9. The van der Waals surface area contributed by atoms with Crippen LogP contribution in [0.5, 0.6) is 0 Å². The molecule has 1 aromatic rings. The Morgan fingerprint density at radius 1 is 1.78 bits per heavy atom.